The van der Waals surface area contributed by atoms with Crippen molar-refractivity contribution < 1.29 is 13.2 Å². The smallest absolute Gasteiger partial charge is 0.361 e. The number of benzene rings is 1. The van der Waals surface area contributed by atoms with Gasteiger partial charge >= 0.3 is 6.18 Å². The van der Waals surface area contributed by atoms with Crippen LogP contribution in [-0.2, 0) is 12.7 Å². The average molecular weight is 551 g/mol. The molecule has 8 nitrogen and oxygen atoms in total. The normalized spacial score (nSPS) is 12.1. The minimum atomic E-state index is -4.45. The Labute approximate surface area is 204 Å². The monoisotopic (exact) mass is 550 g/mol. The van der Waals surface area contributed by atoms with Crippen LogP contribution in [0, 0.1) is 0 Å². The lowest BCUT2D eigenvalue weighted by Gasteiger charge is -2.16. The molecule has 0 unspecified atom stereocenters. The molecule has 4 aromatic heterocycles. The summed E-state index contributed by atoms with van der Waals surface area (Å²) in [5.41, 5.74) is 2.14. The summed E-state index contributed by atoms with van der Waals surface area (Å²) in [7, 11) is 1.89. The average Bonchev–Trinajstić information content (AvgIpc) is 3.54. The van der Waals surface area contributed by atoms with E-state index in [4.69, 9.17) is 4.98 Å². The largest absolute Gasteiger partial charge is 0.416 e. The lowest BCUT2D eigenvalue weighted by molar-refractivity contribution is -0.137. The molecule has 0 aliphatic heterocycles. The van der Waals surface area contributed by atoms with E-state index in [1.165, 1.54) is 0 Å². The molecule has 0 bridgehead atoms. The first-order chi connectivity index (χ1) is 16.2. The van der Waals surface area contributed by atoms with Gasteiger partial charge in [0.15, 0.2) is 17.0 Å². The summed E-state index contributed by atoms with van der Waals surface area (Å²) < 4.78 is 41.6. The molecular formula is C21H18BrF3N8S. The number of nitrogens with one attached hydrogen (secondary N) is 2. The van der Waals surface area contributed by atoms with E-state index < -0.39 is 11.7 Å². The van der Waals surface area contributed by atoms with Gasteiger partial charge in [-0.1, -0.05) is 0 Å². The number of nitrogens with zero attached hydrogens (tertiary/aromatic N) is 6. The third-order valence-corrected chi connectivity index (χ3v) is 6.60. The third kappa shape index (κ3) is 4.09. The molecule has 0 atom stereocenters. The van der Waals surface area contributed by atoms with Crippen molar-refractivity contribution in [2.24, 2.45) is 0 Å². The fraction of sp³-hybridized carbons (Fsp3) is 0.238. The van der Waals surface area contributed by atoms with Crippen LogP contribution in [0.5, 0.6) is 0 Å². The molecule has 5 rings (SSSR count). The highest BCUT2D eigenvalue weighted by molar-refractivity contribution is 9.10. The van der Waals surface area contributed by atoms with Crippen LogP contribution in [0.25, 0.3) is 27.9 Å². The lowest BCUT2D eigenvalue weighted by atomic mass is 10.2. The number of hydrogen-bond acceptors (Lipinski definition) is 7. The van der Waals surface area contributed by atoms with Crippen molar-refractivity contribution in [2.45, 2.75) is 19.6 Å². The van der Waals surface area contributed by atoms with Crippen LogP contribution in [-0.4, -0.2) is 43.1 Å². The van der Waals surface area contributed by atoms with Crippen LogP contribution in [0.2, 0.25) is 0 Å². The standard InChI is InChI=1S/C21H18BrF3N8S/c1-3-32(2)20-30-18(17-19(31-20)33(10-27-17)12-4-5-34-9-12)26-8-15-28-14-7-11(21(23,24)25)6-13(22)16(14)29-15/h4-7,9-10H,3,8H2,1-2H3,(H,28,29)(H,26,30,31). The van der Waals surface area contributed by atoms with Gasteiger partial charge < -0.3 is 15.2 Å². The summed E-state index contributed by atoms with van der Waals surface area (Å²) in [6, 6.07) is 4.06. The van der Waals surface area contributed by atoms with Gasteiger partial charge in [-0.3, -0.25) is 4.57 Å². The molecule has 0 spiro atoms. The Kier molecular flexibility index (Phi) is 5.68. The van der Waals surface area contributed by atoms with Gasteiger partial charge in [-0.2, -0.15) is 34.5 Å². The van der Waals surface area contributed by atoms with Gasteiger partial charge in [0, 0.05) is 23.4 Å². The predicted octanol–water partition coefficient (Wildman–Crippen LogP) is 5.60. The molecule has 2 N–H and O–H groups in total. The Morgan fingerprint density at radius 1 is 1.21 bits per heavy atom. The van der Waals surface area contributed by atoms with E-state index in [0.29, 0.717) is 46.3 Å². The quantitative estimate of drug-likeness (QED) is 0.286. The van der Waals surface area contributed by atoms with Gasteiger partial charge in [-0.05, 0) is 46.4 Å². The second kappa shape index (κ2) is 8.55. The minimum absolute atomic E-state index is 0.204. The molecule has 5 aromatic rings. The maximum absolute atomic E-state index is 13.2. The highest BCUT2D eigenvalue weighted by Gasteiger charge is 2.31. The predicted molar refractivity (Wildman–Crippen MR) is 130 cm³/mol. The van der Waals surface area contributed by atoms with Crippen molar-refractivity contribution in [2.75, 3.05) is 23.8 Å². The fourth-order valence-corrected chi connectivity index (χ4v) is 4.63. The summed E-state index contributed by atoms with van der Waals surface area (Å²) in [5, 5.41) is 7.20. The van der Waals surface area contributed by atoms with Crippen molar-refractivity contribution in [1.29, 1.82) is 0 Å². The highest BCUT2D eigenvalue weighted by Crippen LogP contribution is 2.34. The number of alkyl halides is 3. The first kappa shape index (κ1) is 22.6. The second-order valence-corrected chi connectivity index (χ2v) is 9.18. The summed E-state index contributed by atoms with van der Waals surface area (Å²) in [6.45, 7) is 2.91. The maximum Gasteiger partial charge on any atom is 0.416 e. The third-order valence-electron chi connectivity index (χ3n) is 5.32. The van der Waals surface area contributed by atoms with Crippen molar-refractivity contribution in [3.63, 3.8) is 0 Å². The zero-order valence-corrected chi connectivity index (χ0v) is 20.4. The topological polar surface area (TPSA) is 87.5 Å². The number of rotatable bonds is 6. The molecule has 13 heteroatoms. The molecule has 0 aliphatic carbocycles. The number of thiophene rings is 1. The number of aromatic nitrogens is 6. The zero-order chi connectivity index (χ0) is 24.0. The SMILES string of the molecule is CCN(C)c1nc(NCc2nc3c(Br)cc(C(F)(F)F)cc3[nH]2)c2ncn(-c3ccsc3)c2n1. The van der Waals surface area contributed by atoms with Crippen molar-refractivity contribution in [3.05, 3.63) is 51.1 Å². The van der Waals surface area contributed by atoms with Gasteiger partial charge in [-0.25, -0.2) is 9.97 Å². The highest BCUT2D eigenvalue weighted by atomic mass is 79.9. The van der Waals surface area contributed by atoms with E-state index in [1.807, 2.05) is 40.3 Å². The molecule has 0 saturated heterocycles. The molecule has 34 heavy (non-hydrogen) atoms. The van der Waals surface area contributed by atoms with E-state index in [9.17, 15) is 13.2 Å². The zero-order valence-electron chi connectivity index (χ0n) is 18.0. The van der Waals surface area contributed by atoms with Crippen LogP contribution < -0.4 is 10.2 Å². The summed E-state index contributed by atoms with van der Waals surface area (Å²) in [6.07, 6.45) is -2.75. The summed E-state index contributed by atoms with van der Waals surface area (Å²) in [5.74, 6) is 1.49. The number of anilines is 2. The molecule has 1 aromatic carbocycles. The first-order valence-electron chi connectivity index (χ1n) is 10.2. The maximum atomic E-state index is 13.2. The van der Waals surface area contributed by atoms with Gasteiger partial charge in [0.25, 0.3) is 0 Å². The van der Waals surface area contributed by atoms with Crippen molar-refractivity contribution in [1.82, 2.24) is 29.5 Å². The van der Waals surface area contributed by atoms with Crippen molar-refractivity contribution in [3.8, 4) is 5.69 Å². The molecule has 0 fully saturated rings. The number of aromatic amines is 1. The molecule has 0 radical (unpaired) electrons. The molecule has 4 heterocycles. The van der Waals surface area contributed by atoms with Gasteiger partial charge in [0.2, 0.25) is 5.95 Å². The minimum Gasteiger partial charge on any atom is -0.361 e. The number of H-pyrrole nitrogens is 1. The molecule has 0 saturated carbocycles. The summed E-state index contributed by atoms with van der Waals surface area (Å²) in [4.78, 5) is 23.1. The Balaban J connectivity index is 1.51. The van der Waals surface area contributed by atoms with Crippen LogP contribution in [0.1, 0.15) is 18.3 Å². The van der Waals surface area contributed by atoms with Gasteiger partial charge in [-0.15, -0.1) is 0 Å². The van der Waals surface area contributed by atoms with E-state index >= 15 is 0 Å². The van der Waals surface area contributed by atoms with E-state index in [1.54, 1.807) is 17.7 Å². The number of fused-ring (bicyclic) bond motifs is 2. The summed E-state index contributed by atoms with van der Waals surface area (Å²) >= 11 is 4.77. The number of imidazole rings is 2. The van der Waals surface area contributed by atoms with Gasteiger partial charge in [0.05, 0.1) is 23.3 Å². The molecule has 0 amide bonds. The number of halogens is 4. The van der Waals surface area contributed by atoms with Crippen LogP contribution in [0.3, 0.4) is 0 Å². The molecular weight excluding hydrogens is 533 g/mol. The Bertz CT molecular complexity index is 1480. The second-order valence-electron chi connectivity index (χ2n) is 7.54. The van der Waals surface area contributed by atoms with Gasteiger partial charge in [0.1, 0.15) is 17.7 Å². The van der Waals surface area contributed by atoms with Crippen LogP contribution in [0.15, 0.2) is 39.8 Å². The Hall–Kier alpha value is -3.19. The van der Waals surface area contributed by atoms with E-state index in [-0.39, 0.29) is 11.0 Å². The Morgan fingerprint density at radius 3 is 2.74 bits per heavy atom. The number of hydrogen-bond donors (Lipinski definition) is 2. The molecule has 176 valence electrons. The van der Waals surface area contributed by atoms with E-state index in [0.717, 1.165) is 17.8 Å². The van der Waals surface area contributed by atoms with Crippen LogP contribution >= 0.6 is 27.3 Å². The van der Waals surface area contributed by atoms with Crippen LogP contribution in [0.4, 0.5) is 24.9 Å². The first-order valence-corrected chi connectivity index (χ1v) is 12.0. The van der Waals surface area contributed by atoms with Crippen molar-refractivity contribution >= 4 is 61.2 Å². The van der Waals surface area contributed by atoms with E-state index in [2.05, 4.69) is 41.2 Å². The molecule has 0 aliphatic rings. The fourth-order valence-electron chi connectivity index (χ4n) is 3.45. The Morgan fingerprint density at radius 2 is 2.03 bits per heavy atom. The lowest BCUT2D eigenvalue weighted by Crippen LogP contribution is -2.20.